The number of carbonyl (C=O) groups is 1. The lowest BCUT2D eigenvalue weighted by atomic mass is 9.77. The van der Waals surface area contributed by atoms with E-state index in [0.717, 1.165) is 38.0 Å². The van der Waals surface area contributed by atoms with Crippen molar-refractivity contribution in [3.8, 4) is 0 Å². The van der Waals surface area contributed by atoms with Crippen LogP contribution in [-0.4, -0.2) is 40.9 Å². The molecule has 0 spiro atoms. The molecule has 0 radical (unpaired) electrons. The molecule has 0 aromatic carbocycles. The van der Waals surface area contributed by atoms with Crippen LogP contribution >= 0.6 is 0 Å². The first-order valence-corrected chi connectivity index (χ1v) is 7.64. The van der Waals surface area contributed by atoms with Gasteiger partial charge < -0.3 is 15.1 Å². The van der Waals surface area contributed by atoms with E-state index in [0.29, 0.717) is 0 Å². The molecular weight excluding hydrogens is 280 g/mol. The van der Waals surface area contributed by atoms with Gasteiger partial charge in [-0.05, 0) is 45.2 Å². The standard InChI is InChI=1S/C17H24N2O3/c1-13(2)4-7-17(12-20)6-3-9-19(11-17)14-5-8-18-15(10-14)16(21)22/h4-5,8,10,20H,3,6-7,9,11-12H2,1-2H3,(H,21,22). The number of carboxylic acid groups (broad SMARTS) is 1. The fourth-order valence-electron chi connectivity index (χ4n) is 2.94. The maximum atomic E-state index is 11.1. The topological polar surface area (TPSA) is 73.7 Å². The zero-order valence-electron chi connectivity index (χ0n) is 13.2. The maximum absolute atomic E-state index is 11.1. The average molecular weight is 304 g/mol. The third-order valence-corrected chi connectivity index (χ3v) is 4.27. The average Bonchev–Trinajstić information content (AvgIpc) is 2.53. The van der Waals surface area contributed by atoms with Crippen LogP contribution in [0.1, 0.15) is 43.6 Å². The fraction of sp³-hybridized carbons (Fsp3) is 0.529. The van der Waals surface area contributed by atoms with Gasteiger partial charge in [-0.3, -0.25) is 0 Å². The van der Waals surface area contributed by atoms with Crippen LogP contribution in [0.2, 0.25) is 0 Å². The molecule has 1 aliphatic heterocycles. The minimum Gasteiger partial charge on any atom is -0.477 e. The first-order valence-electron chi connectivity index (χ1n) is 7.64. The molecule has 2 heterocycles. The second kappa shape index (κ2) is 6.92. The van der Waals surface area contributed by atoms with Crippen LogP contribution in [0.4, 0.5) is 5.69 Å². The lowest BCUT2D eigenvalue weighted by Crippen LogP contribution is -2.45. The summed E-state index contributed by atoms with van der Waals surface area (Å²) in [5.74, 6) is -1.02. The van der Waals surface area contributed by atoms with Crippen molar-refractivity contribution in [1.29, 1.82) is 0 Å². The normalized spacial score (nSPS) is 21.5. The quantitative estimate of drug-likeness (QED) is 0.818. The van der Waals surface area contributed by atoms with Crippen molar-refractivity contribution in [2.24, 2.45) is 5.41 Å². The summed E-state index contributed by atoms with van der Waals surface area (Å²) in [5, 5.41) is 19.0. The minimum atomic E-state index is -1.02. The van der Waals surface area contributed by atoms with E-state index in [-0.39, 0.29) is 17.7 Å². The van der Waals surface area contributed by atoms with Crippen LogP contribution in [0.3, 0.4) is 0 Å². The summed E-state index contributed by atoms with van der Waals surface area (Å²) in [4.78, 5) is 17.1. The molecule has 1 saturated heterocycles. The molecule has 5 nitrogen and oxygen atoms in total. The summed E-state index contributed by atoms with van der Waals surface area (Å²) >= 11 is 0. The van der Waals surface area contributed by atoms with Crippen molar-refractivity contribution in [3.05, 3.63) is 35.7 Å². The van der Waals surface area contributed by atoms with Crippen molar-refractivity contribution >= 4 is 11.7 Å². The molecule has 1 aromatic rings. The zero-order chi connectivity index (χ0) is 16.2. The number of allylic oxidation sites excluding steroid dienone is 2. The Morgan fingerprint density at radius 1 is 1.50 bits per heavy atom. The van der Waals surface area contributed by atoms with E-state index < -0.39 is 5.97 Å². The molecule has 1 atom stereocenters. The molecule has 2 rings (SSSR count). The first kappa shape index (κ1) is 16.5. The van der Waals surface area contributed by atoms with E-state index in [4.69, 9.17) is 5.11 Å². The molecule has 0 aliphatic carbocycles. The van der Waals surface area contributed by atoms with Crippen molar-refractivity contribution in [3.63, 3.8) is 0 Å². The lowest BCUT2D eigenvalue weighted by Gasteiger charge is -2.42. The Kier molecular flexibility index (Phi) is 5.19. The largest absolute Gasteiger partial charge is 0.477 e. The minimum absolute atomic E-state index is 0.0574. The van der Waals surface area contributed by atoms with Gasteiger partial charge in [0.05, 0.1) is 6.61 Å². The van der Waals surface area contributed by atoms with Crippen molar-refractivity contribution in [2.45, 2.75) is 33.1 Å². The molecule has 0 bridgehead atoms. The van der Waals surface area contributed by atoms with Gasteiger partial charge in [0.2, 0.25) is 0 Å². The Morgan fingerprint density at radius 2 is 2.27 bits per heavy atom. The van der Waals surface area contributed by atoms with Gasteiger partial charge >= 0.3 is 5.97 Å². The Bertz CT molecular complexity index is 567. The van der Waals surface area contributed by atoms with Crippen molar-refractivity contribution in [1.82, 2.24) is 4.98 Å². The predicted molar refractivity (Wildman–Crippen MR) is 86.2 cm³/mol. The molecule has 0 saturated carbocycles. The number of aromatic nitrogens is 1. The van der Waals surface area contributed by atoms with Crippen LogP contribution in [0.5, 0.6) is 0 Å². The summed E-state index contributed by atoms with van der Waals surface area (Å²) in [6.07, 6.45) is 6.53. The summed E-state index contributed by atoms with van der Waals surface area (Å²) in [5.41, 5.74) is 2.02. The number of nitrogens with zero attached hydrogens (tertiary/aromatic N) is 2. The fourth-order valence-corrected chi connectivity index (χ4v) is 2.94. The summed E-state index contributed by atoms with van der Waals surface area (Å²) in [6, 6.07) is 3.44. The van der Waals surface area contributed by atoms with Crippen LogP contribution in [-0.2, 0) is 0 Å². The van der Waals surface area contributed by atoms with Crippen molar-refractivity contribution < 1.29 is 15.0 Å². The van der Waals surface area contributed by atoms with Gasteiger partial charge in [0.15, 0.2) is 0 Å². The molecule has 1 unspecified atom stereocenters. The second-order valence-corrected chi connectivity index (χ2v) is 6.37. The molecule has 1 aliphatic rings. The molecular formula is C17H24N2O3. The highest BCUT2D eigenvalue weighted by Crippen LogP contribution is 2.36. The zero-order valence-corrected chi connectivity index (χ0v) is 13.2. The van der Waals surface area contributed by atoms with E-state index in [9.17, 15) is 9.90 Å². The van der Waals surface area contributed by atoms with Gasteiger partial charge in [0.1, 0.15) is 5.69 Å². The summed E-state index contributed by atoms with van der Waals surface area (Å²) in [6.45, 7) is 5.88. The first-order chi connectivity index (χ1) is 10.5. The number of hydrogen-bond acceptors (Lipinski definition) is 4. The van der Waals surface area contributed by atoms with E-state index in [1.165, 1.54) is 11.8 Å². The van der Waals surface area contributed by atoms with Gasteiger partial charge in [0, 0.05) is 30.4 Å². The molecule has 2 N–H and O–H groups in total. The number of aromatic carboxylic acids is 1. The molecule has 1 fully saturated rings. The van der Waals surface area contributed by atoms with Crippen LogP contribution in [0.25, 0.3) is 0 Å². The number of pyridine rings is 1. The third-order valence-electron chi connectivity index (χ3n) is 4.27. The van der Waals surface area contributed by atoms with Crippen LogP contribution < -0.4 is 4.90 Å². The second-order valence-electron chi connectivity index (χ2n) is 6.37. The Hall–Kier alpha value is -1.88. The van der Waals surface area contributed by atoms with E-state index in [2.05, 4.69) is 29.8 Å². The van der Waals surface area contributed by atoms with Gasteiger partial charge in [-0.2, -0.15) is 0 Å². The number of aliphatic hydroxyl groups excluding tert-OH is 1. The number of hydrogen-bond donors (Lipinski definition) is 2. The highest BCUT2D eigenvalue weighted by atomic mass is 16.4. The molecule has 5 heteroatoms. The molecule has 22 heavy (non-hydrogen) atoms. The molecule has 120 valence electrons. The highest BCUT2D eigenvalue weighted by Gasteiger charge is 2.34. The van der Waals surface area contributed by atoms with E-state index in [1.54, 1.807) is 6.07 Å². The van der Waals surface area contributed by atoms with Crippen LogP contribution in [0, 0.1) is 5.41 Å². The number of piperidine rings is 1. The van der Waals surface area contributed by atoms with Crippen LogP contribution in [0.15, 0.2) is 30.0 Å². The summed E-state index contributed by atoms with van der Waals surface area (Å²) < 4.78 is 0. The monoisotopic (exact) mass is 304 g/mol. The van der Waals surface area contributed by atoms with Gasteiger partial charge in [-0.25, -0.2) is 9.78 Å². The lowest BCUT2D eigenvalue weighted by molar-refractivity contribution is 0.0690. The third kappa shape index (κ3) is 3.85. The Morgan fingerprint density at radius 3 is 2.91 bits per heavy atom. The Labute approximate surface area is 131 Å². The predicted octanol–water partition coefficient (Wildman–Crippen LogP) is 2.72. The number of aliphatic hydroxyl groups is 1. The smallest absolute Gasteiger partial charge is 0.354 e. The number of anilines is 1. The Balaban J connectivity index is 2.20. The number of rotatable bonds is 5. The van der Waals surface area contributed by atoms with Gasteiger partial charge in [0.25, 0.3) is 0 Å². The maximum Gasteiger partial charge on any atom is 0.354 e. The molecule has 0 amide bonds. The van der Waals surface area contributed by atoms with Gasteiger partial charge in [-0.15, -0.1) is 0 Å². The molecule has 1 aromatic heterocycles. The van der Waals surface area contributed by atoms with Gasteiger partial charge in [-0.1, -0.05) is 11.6 Å². The SMILES string of the molecule is CC(C)=CCC1(CO)CCCN(c2ccnc(C(=O)O)c2)C1. The highest BCUT2D eigenvalue weighted by molar-refractivity contribution is 5.86. The van der Waals surface area contributed by atoms with E-state index in [1.807, 2.05) is 6.07 Å². The summed E-state index contributed by atoms with van der Waals surface area (Å²) in [7, 11) is 0. The van der Waals surface area contributed by atoms with E-state index >= 15 is 0 Å². The number of carboxylic acids is 1. The van der Waals surface area contributed by atoms with Crippen molar-refractivity contribution in [2.75, 3.05) is 24.6 Å².